The van der Waals surface area contributed by atoms with E-state index in [2.05, 4.69) is 9.97 Å². The maximum atomic E-state index is 12.1. The smallest absolute Gasteiger partial charge is 0.187 e. The molecule has 100 valence electrons. The highest BCUT2D eigenvalue weighted by Gasteiger charge is 2.30. The van der Waals surface area contributed by atoms with E-state index in [9.17, 15) is 4.79 Å². The number of aryl methyl sites for hydroxylation is 2. The Morgan fingerprint density at radius 3 is 2.10 bits per heavy atom. The van der Waals surface area contributed by atoms with Gasteiger partial charge >= 0.3 is 0 Å². The Balaban J connectivity index is 2.37. The van der Waals surface area contributed by atoms with E-state index in [-0.39, 0.29) is 23.5 Å². The lowest BCUT2D eigenvalue weighted by molar-refractivity contribution is 0.1000. The molecule has 1 heterocycles. The van der Waals surface area contributed by atoms with E-state index in [4.69, 9.17) is 10.5 Å². The second-order valence-electron chi connectivity index (χ2n) is 5.02. The molecule has 0 atom stereocenters. The molecule has 0 unspecified atom stereocenters. The predicted octanol–water partition coefficient (Wildman–Crippen LogP) is 2.63. The number of ketones is 1. The van der Waals surface area contributed by atoms with Gasteiger partial charge in [0.15, 0.2) is 5.78 Å². The van der Waals surface area contributed by atoms with Gasteiger partial charge in [0.2, 0.25) is 0 Å². The van der Waals surface area contributed by atoms with Gasteiger partial charge in [-0.1, -0.05) is 0 Å². The fraction of sp³-hybridized carbons (Fsp3) is 0.188. The average Bonchev–Trinajstić information content (AvgIpc) is 2.77. The van der Waals surface area contributed by atoms with Crippen molar-refractivity contribution < 1.29 is 4.79 Å². The molecule has 0 N–H and O–H groups in total. The number of nitrogens with zero attached hydrogens (tertiary/aromatic N) is 4. The molecule has 0 saturated heterocycles. The van der Waals surface area contributed by atoms with Crippen molar-refractivity contribution in [3.05, 3.63) is 40.2 Å². The summed E-state index contributed by atoms with van der Waals surface area (Å²) in [5.41, 5.74) is 4.41. The van der Waals surface area contributed by atoms with Gasteiger partial charge in [-0.2, -0.15) is 10.5 Å². The fourth-order valence-corrected chi connectivity index (χ4v) is 2.41. The van der Waals surface area contributed by atoms with Gasteiger partial charge in [-0.25, -0.2) is 9.97 Å². The third-order valence-corrected chi connectivity index (χ3v) is 3.69. The maximum Gasteiger partial charge on any atom is 0.187 e. The molecule has 1 aromatic carbocycles. The number of nitriles is 2. The Morgan fingerprint density at radius 1 is 1.05 bits per heavy atom. The zero-order valence-corrected chi connectivity index (χ0v) is 11.6. The lowest BCUT2D eigenvalue weighted by Gasteiger charge is -2.05. The van der Waals surface area contributed by atoms with E-state index >= 15 is 0 Å². The van der Waals surface area contributed by atoms with Gasteiger partial charge in [-0.15, -0.1) is 0 Å². The number of allylic oxidation sites excluding steroid dienone is 2. The van der Waals surface area contributed by atoms with E-state index in [0.717, 1.165) is 11.1 Å². The molecule has 21 heavy (non-hydrogen) atoms. The monoisotopic (exact) mass is 274 g/mol. The molecular weight excluding hydrogens is 264 g/mol. The van der Waals surface area contributed by atoms with Crippen molar-refractivity contribution in [2.45, 2.75) is 20.3 Å². The summed E-state index contributed by atoms with van der Waals surface area (Å²) in [6.07, 6.45) is 0.0140. The molecule has 3 rings (SSSR count). The van der Waals surface area contributed by atoms with Crippen LogP contribution in [-0.2, 0) is 0 Å². The van der Waals surface area contributed by atoms with Crippen LogP contribution in [0.25, 0.3) is 16.6 Å². The van der Waals surface area contributed by atoms with Crippen molar-refractivity contribution in [3.63, 3.8) is 0 Å². The van der Waals surface area contributed by atoms with Gasteiger partial charge < -0.3 is 0 Å². The number of carbonyl (C=O) groups is 1. The first-order valence-electron chi connectivity index (χ1n) is 6.41. The molecule has 0 fully saturated rings. The standard InChI is InChI=1S/C16H10N4O/c1-8-3-12-13(4-9(8)2)20-16-14(21)5-11(15(16)19-12)10(6-17)7-18/h3-4H,5H2,1-2H3. The minimum Gasteiger partial charge on any atom is -0.292 e. The zero-order chi connectivity index (χ0) is 15.1. The van der Waals surface area contributed by atoms with E-state index in [1.54, 1.807) is 0 Å². The minimum atomic E-state index is -0.198. The summed E-state index contributed by atoms with van der Waals surface area (Å²) in [6, 6.07) is 7.44. The number of fused-ring (bicyclic) bond motifs is 2. The molecule has 1 aromatic heterocycles. The summed E-state index contributed by atoms with van der Waals surface area (Å²) in [6.45, 7) is 3.95. The number of carbonyl (C=O) groups excluding carboxylic acids is 1. The van der Waals surface area contributed by atoms with Crippen molar-refractivity contribution >= 4 is 22.4 Å². The Hall–Kier alpha value is -3.05. The molecule has 0 bridgehead atoms. The van der Waals surface area contributed by atoms with Crippen molar-refractivity contribution in [3.8, 4) is 12.1 Å². The van der Waals surface area contributed by atoms with Crippen molar-refractivity contribution in [2.75, 3.05) is 0 Å². The Bertz CT molecular complexity index is 910. The highest BCUT2D eigenvalue weighted by Crippen LogP contribution is 2.33. The largest absolute Gasteiger partial charge is 0.292 e. The summed E-state index contributed by atoms with van der Waals surface area (Å²) in [4.78, 5) is 20.9. The Kier molecular flexibility index (Phi) is 2.78. The number of hydrogen-bond donors (Lipinski definition) is 0. The van der Waals surface area contributed by atoms with Crippen LogP contribution in [0.1, 0.15) is 33.7 Å². The molecule has 0 spiro atoms. The van der Waals surface area contributed by atoms with Crippen LogP contribution in [0.4, 0.5) is 0 Å². The summed E-state index contributed by atoms with van der Waals surface area (Å²) < 4.78 is 0. The number of aromatic nitrogens is 2. The van der Waals surface area contributed by atoms with Crippen molar-refractivity contribution in [1.82, 2.24) is 9.97 Å². The summed E-state index contributed by atoms with van der Waals surface area (Å²) in [7, 11) is 0. The minimum absolute atomic E-state index is 0.0140. The second-order valence-corrected chi connectivity index (χ2v) is 5.02. The van der Waals surface area contributed by atoms with Crippen molar-refractivity contribution in [1.29, 1.82) is 10.5 Å². The summed E-state index contributed by atoms with van der Waals surface area (Å²) in [5, 5.41) is 18.0. The normalized spacial score (nSPS) is 13.0. The number of rotatable bonds is 0. The lowest BCUT2D eigenvalue weighted by atomic mass is 10.1. The number of Topliss-reactive ketones (excluding diaryl/α,β-unsaturated/α-hetero) is 1. The van der Waals surface area contributed by atoms with Crippen LogP contribution in [-0.4, -0.2) is 15.8 Å². The molecule has 1 aliphatic rings. The third-order valence-electron chi connectivity index (χ3n) is 3.69. The van der Waals surface area contributed by atoms with Crippen LogP contribution in [0, 0.1) is 36.5 Å². The first kappa shape index (κ1) is 13.0. The van der Waals surface area contributed by atoms with Gasteiger partial charge in [0.05, 0.1) is 16.7 Å². The molecule has 5 nitrogen and oxygen atoms in total. The third kappa shape index (κ3) is 1.87. The molecule has 5 heteroatoms. The van der Waals surface area contributed by atoms with Crippen molar-refractivity contribution in [2.24, 2.45) is 0 Å². The topological polar surface area (TPSA) is 90.4 Å². The average molecular weight is 274 g/mol. The van der Waals surface area contributed by atoms with Crippen LogP contribution in [0.15, 0.2) is 17.7 Å². The first-order chi connectivity index (χ1) is 10.0. The maximum absolute atomic E-state index is 12.1. The SMILES string of the molecule is Cc1cc2nc3c(nc2cc1C)C(=C(C#N)C#N)CC3=O. The van der Waals surface area contributed by atoms with Crippen LogP contribution in [0.3, 0.4) is 0 Å². The first-order valence-corrected chi connectivity index (χ1v) is 6.41. The van der Waals surface area contributed by atoms with Crippen LogP contribution in [0.5, 0.6) is 0 Å². The van der Waals surface area contributed by atoms with Gasteiger partial charge in [-0.05, 0) is 37.1 Å². The molecule has 0 amide bonds. The van der Waals surface area contributed by atoms with E-state index < -0.39 is 0 Å². The molecule has 0 aliphatic heterocycles. The molecule has 1 aliphatic carbocycles. The molecule has 0 saturated carbocycles. The quantitative estimate of drug-likeness (QED) is 0.689. The predicted molar refractivity (Wildman–Crippen MR) is 76.1 cm³/mol. The Morgan fingerprint density at radius 2 is 1.57 bits per heavy atom. The fourth-order valence-electron chi connectivity index (χ4n) is 2.41. The zero-order valence-electron chi connectivity index (χ0n) is 11.6. The molecular formula is C16H10N4O. The number of hydrogen-bond acceptors (Lipinski definition) is 5. The van der Waals surface area contributed by atoms with Crippen LogP contribution in [0.2, 0.25) is 0 Å². The second kappa shape index (κ2) is 4.50. The lowest BCUT2D eigenvalue weighted by Crippen LogP contribution is -1.99. The summed E-state index contributed by atoms with van der Waals surface area (Å²) >= 11 is 0. The Labute approximate surface area is 121 Å². The highest BCUT2D eigenvalue weighted by atomic mass is 16.1. The molecule has 0 radical (unpaired) electrons. The van der Waals surface area contributed by atoms with Gasteiger partial charge in [0.25, 0.3) is 0 Å². The molecule has 2 aromatic rings. The highest BCUT2D eigenvalue weighted by molar-refractivity contribution is 6.12. The van der Waals surface area contributed by atoms with Crippen LogP contribution >= 0.6 is 0 Å². The van der Waals surface area contributed by atoms with E-state index in [1.165, 1.54) is 0 Å². The van der Waals surface area contributed by atoms with Crippen LogP contribution < -0.4 is 0 Å². The van der Waals surface area contributed by atoms with E-state index in [0.29, 0.717) is 22.3 Å². The number of benzene rings is 1. The van der Waals surface area contributed by atoms with Gasteiger partial charge in [0.1, 0.15) is 23.4 Å². The van der Waals surface area contributed by atoms with Gasteiger partial charge in [0, 0.05) is 12.0 Å². The van der Waals surface area contributed by atoms with E-state index in [1.807, 2.05) is 38.1 Å². The van der Waals surface area contributed by atoms with Gasteiger partial charge in [-0.3, -0.25) is 4.79 Å². The summed E-state index contributed by atoms with van der Waals surface area (Å²) in [5.74, 6) is -0.198.